The molecule has 3 heteroatoms. The van der Waals surface area contributed by atoms with E-state index >= 15 is 0 Å². The van der Waals surface area contributed by atoms with Crippen molar-refractivity contribution in [2.24, 2.45) is 0 Å². The average molecular weight is 286 g/mol. The van der Waals surface area contributed by atoms with Gasteiger partial charge in [0.15, 0.2) is 0 Å². The van der Waals surface area contributed by atoms with Gasteiger partial charge in [0.2, 0.25) is 5.91 Å². The van der Waals surface area contributed by atoms with E-state index in [2.05, 4.69) is 6.07 Å². The molecule has 102 valence electrons. The maximum atomic E-state index is 12.6. The molecule has 1 aliphatic heterocycles. The first-order valence-electron chi connectivity index (χ1n) is 6.85. The highest BCUT2D eigenvalue weighted by Crippen LogP contribution is 2.38. The van der Waals surface area contributed by atoms with Crippen molar-refractivity contribution in [1.82, 2.24) is 0 Å². The summed E-state index contributed by atoms with van der Waals surface area (Å²) >= 11 is 6.03. The van der Waals surface area contributed by atoms with Crippen LogP contribution in [-0.2, 0) is 11.2 Å². The zero-order valence-electron chi connectivity index (χ0n) is 11.3. The third-order valence-corrected chi connectivity index (χ3v) is 4.05. The molecule has 2 nitrogen and oxygen atoms in total. The van der Waals surface area contributed by atoms with Crippen molar-refractivity contribution in [3.05, 3.63) is 64.7 Å². The van der Waals surface area contributed by atoms with Crippen molar-refractivity contribution in [1.29, 1.82) is 0 Å². The van der Waals surface area contributed by atoms with Gasteiger partial charge in [-0.3, -0.25) is 4.79 Å². The Kier molecular flexibility index (Phi) is 3.49. The summed E-state index contributed by atoms with van der Waals surface area (Å²) in [6.45, 7) is 2.72. The van der Waals surface area contributed by atoms with Crippen molar-refractivity contribution >= 4 is 23.2 Å². The van der Waals surface area contributed by atoms with Crippen molar-refractivity contribution in [2.45, 2.75) is 19.3 Å². The van der Waals surface area contributed by atoms with Crippen LogP contribution in [0.3, 0.4) is 0 Å². The molecule has 1 amide bonds. The summed E-state index contributed by atoms with van der Waals surface area (Å²) in [6, 6.07) is 15.8. The summed E-state index contributed by atoms with van der Waals surface area (Å²) < 4.78 is 0. The predicted molar refractivity (Wildman–Crippen MR) is 82.4 cm³/mol. The third kappa shape index (κ3) is 2.20. The topological polar surface area (TPSA) is 20.3 Å². The van der Waals surface area contributed by atoms with E-state index in [-0.39, 0.29) is 11.8 Å². The van der Waals surface area contributed by atoms with Crippen LogP contribution < -0.4 is 4.90 Å². The van der Waals surface area contributed by atoms with Gasteiger partial charge in [-0.15, -0.1) is 0 Å². The second kappa shape index (κ2) is 5.29. The molecule has 0 spiro atoms. The van der Waals surface area contributed by atoms with E-state index in [9.17, 15) is 4.79 Å². The summed E-state index contributed by atoms with van der Waals surface area (Å²) in [7, 11) is 0. The number of rotatable bonds is 3. The summed E-state index contributed by atoms with van der Waals surface area (Å²) in [5, 5.41) is 0.716. The molecular formula is C17H16ClNO. The van der Waals surface area contributed by atoms with E-state index in [4.69, 9.17) is 11.6 Å². The first-order chi connectivity index (χ1) is 9.70. The monoisotopic (exact) mass is 285 g/mol. The van der Waals surface area contributed by atoms with Gasteiger partial charge < -0.3 is 4.90 Å². The Morgan fingerprint density at radius 3 is 2.70 bits per heavy atom. The normalized spacial score (nSPS) is 17.4. The minimum absolute atomic E-state index is 0.0929. The number of hydrogen-bond acceptors (Lipinski definition) is 1. The van der Waals surface area contributed by atoms with Gasteiger partial charge in [-0.25, -0.2) is 0 Å². The Balaban J connectivity index is 1.96. The maximum Gasteiger partial charge on any atom is 0.234 e. The molecule has 0 fully saturated rings. The van der Waals surface area contributed by atoms with E-state index in [1.54, 1.807) is 0 Å². The van der Waals surface area contributed by atoms with Crippen molar-refractivity contribution in [2.75, 3.05) is 11.4 Å². The lowest BCUT2D eigenvalue weighted by molar-refractivity contribution is -0.119. The van der Waals surface area contributed by atoms with Gasteiger partial charge >= 0.3 is 0 Å². The minimum Gasteiger partial charge on any atom is -0.312 e. The predicted octanol–water partition coefficient (Wildman–Crippen LogP) is 4.03. The number of carbonyl (C=O) groups is 1. The molecule has 1 unspecified atom stereocenters. The number of benzene rings is 2. The van der Waals surface area contributed by atoms with Crippen LogP contribution in [0, 0.1) is 0 Å². The maximum absolute atomic E-state index is 12.6. The Hall–Kier alpha value is -1.80. The standard InChI is InChI=1S/C17H16ClNO/c1-2-19-16-9-4-3-8-14(16)15(17(19)20)11-12-6-5-7-13(18)10-12/h3-10,15H,2,11H2,1H3. The van der Waals surface area contributed by atoms with E-state index in [1.807, 2.05) is 54.3 Å². The zero-order chi connectivity index (χ0) is 14.1. The number of halogens is 1. The molecule has 1 heterocycles. The number of hydrogen-bond donors (Lipinski definition) is 0. The molecule has 1 aliphatic rings. The molecule has 20 heavy (non-hydrogen) atoms. The Morgan fingerprint density at radius 2 is 1.95 bits per heavy atom. The average Bonchev–Trinajstić information content (AvgIpc) is 2.72. The van der Waals surface area contributed by atoms with Crippen LogP contribution in [0.15, 0.2) is 48.5 Å². The first-order valence-corrected chi connectivity index (χ1v) is 7.23. The minimum atomic E-state index is -0.0929. The quantitative estimate of drug-likeness (QED) is 0.834. The molecule has 0 N–H and O–H groups in total. The van der Waals surface area contributed by atoms with Gasteiger partial charge in [0.25, 0.3) is 0 Å². The van der Waals surface area contributed by atoms with Gasteiger partial charge in [0, 0.05) is 17.3 Å². The SMILES string of the molecule is CCN1C(=O)C(Cc2cccc(Cl)c2)c2ccccc21. The molecule has 0 bridgehead atoms. The fourth-order valence-electron chi connectivity index (χ4n) is 2.89. The molecule has 2 aromatic carbocycles. The molecular weight excluding hydrogens is 270 g/mol. The van der Waals surface area contributed by atoms with E-state index in [1.165, 1.54) is 0 Å². The van der Waals surface area contributed by atoms with Crippen LogP contribution in [0.25, 0.3) is 0 Å². The van der Waals surface area contributed by atoms with Gasteiger partial charge in [-0.1, -0.05) is 41.9 Å². The third-order valence-electron chi connectivity index (χ3n) is 3.81. The van der Waals surface area contributed by atoms with Crippen molar-refractivity contribution in [3.8, 4) is 0 Å². The molecule has 0 aromatic heterocycles. The summed E-state index contributed by atoms with van der Waals surface area (Å²) in [4.78, 5) is 14.4. The lowest BCUT2D eigenvalue weighted by Gasteiger charge is -2.15. The molecule has 0 saturated carbocycles. The van der Waals surface area contributed by atoms with Gasteiger partial charge in [0.1, 0.15) is 0 Å². The van der Waals surface area contributed by atoms with Crippen molar-refractivity contribution in [3.63, 3.8) is 0 Å². The smallest absolute Gasteiger partial charge is 0.234 e. The number of nitrogens with zero attached hydrogens (tertiary/aromatic N) is 1. The number of para-hydroxylation sites is 1. The zero-order valence-corrected chi connectivity index (χ0v) is 12.1. The summed E-state index contributed by atoms with van der Waals surface area (Å²) in [6.07, 6.45) is 0.701. The van der Waals surface area contributed by atoms with E-state index in [0.29, 0.717) is 18.0 Å². The Labute approximate surface area is 124 Å². The highest BCUT2D eigenvalue weighted by Gasteiger charge is 2.35. The molecule has 2 aromatic rings. The fourth-order valence-corrected chi connectivity index (χ4v) is 3.10. The second-order valence-electron chi connectivity index (χ2n) is 5.03. The van der Waals surface area contributed by atoms with Crippen molar-refractivity contribution < 1.29 is 4.79 Å². The number of anilines is 1. The highest BCUT2D eigenvalue weighted by molar-refractivity contribution is 6.30. The largest absolute Gasteiger partial charge is 0.312 e. The lowest BCUT2D eigenvalue weighted by Crippen LogP contribution is -2.29. The van der Waals surface area contributed by atoms with Gasteiger partial charge in [-0.05, 0) is 42.7 Å². The van der Waals surface area contributed by atoms with Crippen LogP contribution >= 0.6 is 11.6 Å². The van der Waals surface area contributed by atoms with Gasteiger partial charge in [0.05, 0.1) is 5.92 Å². The number of carbonyl (C=O) groups excluding carboxylic acids is 1. The van der Waals surface area contributed by atoms with Gasteiger partial charge in [-0.2, -0.15) is 0 Å². The first kappa shape index (κ1) is 13.2. The molecule has 0 saturated heterocycles. The van der Waals surface area contributed by atoms with Crippen LogP contribution in [0.2, 0.25) is 5.02 Å². The van der Waals surface area contributed by atoms with Crippen LogP contribution in [0.5, 0.6) is 0 Å². The second-order valence-corrected chi connectivity index (χ2v) is 5.46. The van der Waals surface area contributed by atoms with Crippen LogP contribution in [0.4, 0.5) is 5.69 Å². The lowest BCUT2D eigenvalue weighted by atomic mass is 9.93. The number of amides is 1. The summed E-state index contributed by atoms with van der Waals surface area (Å²) in [5.41, 5.74) is 3.27. The number of fused-ring (bicyclic) bond motifs is 1. The van der Waals surface area contributed by atoms with Crippen LogP contribution in [0.1, 0.15) is 24.0 Å². The Bertz CT molecular complexity index is 653. The molecule has 0 aliphatic carbocycles. The summed E-state index contributed by atoms with van der Waals surface area (Å²) in [5.74, 6) is 0.0956. The molecule has 3 rings (SSSR count). The number of likely N-dealkylation sites (N-methyl/N-ethyl adjacent to an activating group) is 1. The van der Waals surface area contributed by atoms with E-state index in [0.717, 1.165) is 16.8 Å². The van der Waals surface area contributed by atoms with Crippen LogP contribution in [-0.4, -0.2) is 12.5 Å². The molecule has 0 radical (unpaired) electrons. The Morgan fingerprint density at radius 1 is 1.15 bits per heavy atom. The van der Waals surface area contributed by atoms with E-state index < -0.39 is 0 Å². The highest BCUT2D eigenvalue weighted by atomic mass is 35.5. The molecule has 1 atom stereocenters. The fraction of sp³-hybridized carbons (Fsp3) is 0.235.